The second-order valence-corrected chi connectivity index (χ2v) is 12.2. The van der Waals surface area contributed by atoms with Crippen molar-refractivity contribution >= 4 is 38.5 Å². The number of hydrogen-bond acceptors (Lipinski definition) is 8. The summed E-state index contributed by atoms with van der Waals surface area (Å²) in [6.07, 6.45) is -3.62. The van der Waals surface area contributed by atoms with Crippen LogP contribution in [0.25, 0.3) is 10.8 Å². The third-order valence-corrected chi connectivity index (χ3v) is 9.58. The Kier molecular flexibility index (Phi) is 7.35. The molecule has 0 bridgehead atoms. The molecular formula is C30H28N4O7S. The molecule has 1 aliphatic rings. The minimum Gasteiger partial charge on any atom is -0.506 e. The van der Waals surface area contributed by atoms with E-state index in [1.54, 1.807) is 60.7 Å². The lowest BCUT2D eigenvalue weighted by Crippen LogP contribution is -2.64. The molecule has 2 atom stereocenters. The van der Waals surface area contributed by atoms with Gasteiger partial charge in [-0.3, -0.25) is 15.1 Å². The lowest BCUT2D eigenvalue weighted by Gasteiger charge is -2.40. The first-order valence-electron chi connectivity index (χ1n) is 12.9. The van der Waals surface area contributed by atoms with Gasteiger partial charge in [0.05, 0.1) is 0 Å². The second kappa shape index (κ2) is 10.8. The second-order valence-electron chi connectivity index (χ2n) is 10.1. The number of nitrogens with two attached hydrogens (primary N) is 2. The van der Waals surface area contributed by atoms with E-state index in [1.807, 2.05) is 0 Å². The normalized spacial score (nSPS) is 16.3. The molecule has 4 aromatic carbocycles. The van der Waals surface area contributed by atoms with Gasteiger partial charge in [0, 0.05) is 30.3 Å². The Morgan fingerprint density at radius 3 is 2.40 bits per heavy atom. The van der Waals surface area contributed by atoms with E-state index in [9.17, 15) is 28.2 Å². The molecule has 7 N–H and O–H groups in total. The molecule has 4 aromatic rings. The molecule has 0 fully saturated rings. The standard InChI is InChI=1S/C30H28N4O7S/c31-27(32)21-10-5-6-18(14-21)16-30(33,42(39,40)24-13-12-19-7-3-4-11-23(19)26(24)35)28(36)34-17-22-9-2-1-8-20(22)15-25(34)41-29(37)38/h1-14,25,35H,15-17,33H2,(H3,31,32)(H,37,38)/t25?,30-/m1/s1. The molecule has 1 aliphatic heterocycles. The van der Waals surface area contributed by atoms with Gasteiger partial charge in [-0.1, -0.05) is 72.8 Å². The van der Waals surface area contributed by atoms with E-state index in [0.717, 1.165) is 10.5 Å². The van der Waals surface area contributed by atoms with Gasteiger partial charge in [0.25, 0.3) is 5.91 Å². The van der Waals surface area contributed by atoms with E-state index in [2.05, 4.69) is 0 Å². The predicted molar refractivity (Wildman–Crippen MR) is 154 cm³/mol. The number of ether oxygens (including phenoxy) is 1. The van der Waals surface area contributed by atoms with Crippen LogP contribution in [0.1, 0.15) is 22.3 Å². The van der Waals surface area contributed by atoms with E-state index in [0.29, 0.717) is 10.9 Å². The highest BCUT2D eigenvalue weighted by molar-refractivity contribution is 7.93. The molecule has 1 heterocycles. The lowest BCUT2D eigenvalue weighted by atomic mass is 9.96. The summed E-state index contributed by atoms with van der Waals surface area (Å²) in [6.45, 7) is -0.168. The number of sulfone groups is 1. The average molecular weight is 589 g/mol. The number of amidine groups is 1. The van der Waals surface area contributed by atoms with E-state index in [1.165, 1.54) is 24.3 Å². The molecular weight excluding hydrogens is 560 g/mol. The zero-order chi connectivity index (χ0) is 30.2. The number of carbonyl (C=O) groups is 2. The molecule has 0 radical (unpaired) electrons. The van der Waals surface area contributed by atoms with Gasteiger partial charge in [0.2, 0.25) is 14.7 Å². The lowest BCUT2D eigenvalue weighted by molar-refractivity contribution is -0.147. The summed E-state index contributed by atoms with van der Waals surface area (Å²) in [5.74, 6) is -1.97. The average Bonchev–Trinajstić information content (AvgIpc) is 2.96. The molecule has 216 valence electrons. The number of nitrogens with one attached hydrogen (secondary N) is 1. The highest BCUT2D eigenvalue weighted by Crippen LogP contribution is 2.38. The highest BCUT2D eigenvalue weighted by Gasteiger charge is 2.53. The molecule has 0 aliphatic carbocycles. The van der Waals surface area contributed by atoms with Gasteiger partial charge < -0.3 is 26.4 Å². The van der Waals surface area contributed by atoms with Crippen molar-refractivity contribution in [1.82, 2.24) is 4.90 Å². The van der Waals surface area contributed by atoms with Gasteiger partial charge in [-0.05, 0) is 34.2 Å². The number of nitrogen functional groups attached to an aromatic ring is 1. The van der Waals surface area contributed by atoms with Crippen LogP contribution in [0, 0.1) is 5.41 Å². The summed E-state index contributed by atoms with van der Waals surface area (Å²) in [4.78, 5) is 23.7. The maximum absolute atomic E-state index is 14.4. The molecule has 0 saturated heterocycles. The number of fused-ring (bicyclic) bond motifs is 2. The van der Waals surface area contributed by atoms with E-state index >= 15 is 0 Å². The quantitative estimate of drug-likeness (QED) is 0.122. The number of benzene rings is 4. The Morgan fingerprint density at radius 1 is 1.00 bits per heavy atom. The summed E-state index contributed by atoms with van der Waals surface area (Å²) < 4.78 is 33.9. The molecule has 12 heteroatoms. The van der Waals surface area contributed by atoms with Gasteiger partial charge in [-0.15, -0.1) is 0 Å². The van der Waals surface area contributed by atoms with Crippen LogP contribution in [-0.2, 0) is 38.8 Å². The summed E-state index contributed by atoms with van der Waals surface area (Å²) in [6, 6.07) is 22.4. The number of nitrogens with zero attached hydrogens (tertiary/aromatic N) is 1. The first-order chi connectivity index (χ1) is 19.9. The SMILES string of the molecule is N=C(N)c1cccc(C[C@](N)(C(=O)N2Cc3ccccc3CC2OC(=O)O)S(=O)(=O)c2ccc3ccccc3c2O)c1. The Labute approximate surface area is 241 Å². The monoisotopic (exact) mass is 588 g/mol. The largest absolute Gasteiger partial charge is 0.507 e. The third kappa shape index (κ3) is 5.01. The Morgan fingerprint density at radius 2 is 1.69 bits per heavy atom. The number of phenolic OH excluding ortho intramolecular Hbond substituents is 1. The van der Waals surface area contributed by atoms with Gasteiger partial charge >= 0.3 is 6.16 Å². The van der Waals surface area contributed by atoms with Crippen molar-refractivity contribution in [2.45, 2.75) is 35.4 Å². The molecule has 0 saturated carbocycles. The van der Waals surface area contributed by atoms with E-state index in [4.69, 9.17) is 21.6 Å². The molecule has 1 unspecified atom stereocenters. The summed E-state index contributed by atoms with van der Waals surface area (Å²) in [5.41, 5.74) is 14.3. The number of carbonyl (C=O) groups excluding carboxylic acids is 1. The van der Waals surface area contributed by atoms with Crippen molar-refractivity contribution in [2.75, 3.05) is 0 Å². The Balaban J connectivity index is 1.68. The van der Waals surface area contributed by atoms with Crippen LogP contribution in [0.3, 0.4) is 0 Å². The molecule has 42 heavy (non-hydrogen) atoms. The maximum Gasteiger partial charge on any atom is 0.507 e. The zero-order valence-corrected chi connectivity index (χ0v) is 23.0. The smallest absolute Gasteiger partial charge is 0.506 e. The number of rotatable bonds is 7. The first kappa shape index (κ1) is 28.6. The Hall–Kier alpha value is -4.94. The van der Waals surface area contributed by atoms with E-state index in [-0.39, 0.29) is 35.3 Å². The fourth-order valence-corrected chi connectivity index (χ4v) is 6.96. The van der Waals surface area contributed by atoms with Gasteiger partial charge in [-0.2, -0.15) is 0 Å². The van der Waals surface area contributed by atoms with Crippen LogP contribution in [-0.4, -0.2) is 52.5 Å². The summed E-state index contributed by atoms with van der Waals surface area (Å²) in [7, 11) is -4.88. The predicted octanol–water partition coefficient (Wildman–Crippen LogP) is 3.11. The minimum atomic E-state index is -4.88. The van der Waals surface area contributed by atoms with Gasteiger partial charge in [0.15, 0.2) is 6.23 Å². The van der Waals surface area contributed by atoms with Crippen LogP contribution in [0.2, 0.25) is 0 Å². The fourth-order valence-electron chi connectivity index (χ4n) is 5.25. The van der Waals surface area contributed by atoms with Crippen LogP contribution >= 0.6 is 0 Å². The molecule has 5 rings (SSSR count). The van der Waals surface area contributed by atoms with Gasteiger partial charge in [-0.25, -0.2) is 13.2 Å². The number of aromatic hydroxyl groups is 1. The van der Waals surface area contributed by atoms with Crippen LogP contribution in [0.5, 0.6) is 5.75 Å². The number of amides is 1. The zero-order valence-electron chi connectivity index (χ0n) is 22.2. The topological polar surface area (TPSA) is 197 Å². The Bertz CT molecular complexity index is 1840. The molecule has 0 aromatic heterocycles. The summed E-state index contributed by atoms with van der Waals surface area (Å²) >= 11 is 0. The molecule has 1 amide bonds. The number of hydrogen-bond donors (Lipinski definition) is 5. The highest BCUT2D eigenvalue weighted by atomic mass is 32.2. The third-order valence-electron chi connectivity index (χ3n) is 7.40. The number of phenols is 1. The number of carboxylic acid groups (broad SMARTS) is 1. The van der Waals surface area contributed by atoms with Crippen molar-refractivity contribution < 1.29 is 33.0 Å². The van der Waals surface area contributed by atoms with Crippen molar-refractivity contribution in [3.63, 3.8) is 0 Å². The minimum absolute atomic E-state index is 0.0224. The van der Waals surface area contributed by atoms with Crippen LogP contribution < -0.4 is 11.5 Å². The van der Waals surface area contributed by atoms with Crippen LogP contribution in [0.4, 0.5) is 4.79 Å². The van der Waals surface area contributed by atoms with Crippen molar-refractivity contribution in [3.8, 4) is 5.75 Å². The first-order valence-corrected chi connectivity index (χ1v) is 14.4. The summed E-state index contributed by atoms with van der Waals surface area (Å²) in [5, 5.41) is 29.1. The van der Waals surface area contributed by atoms with E-state index < -0.39 is 50.1 Å². The van der Waals surface area contributed by atoms with Gasteiger partial charge in [0.1, 0.15) is 16.5 Å². The molecule has 11 nitrogen and oxygen atoms in total. The van der Waals surface area contributed by atoms with Crippen molar-refractivity contribution in [1.29, 1.82) is 5.41 Å². The van der Waals surface area contributed by atoms with Crippen LogP contribution in [0.15, 0.2) is 89.8 Å². The van der Waals surface area contributed by atoms with Crippen molar-refractivity contribution in [2.24, 2.45) is 11.5 Å². The molecule has 0 spiro atoms. The maximum atomic E-state index is 14.4. The van der Waals surface area contributed by atoms with Crippen molar-refractivity contribution in [3.05, 3.63) is 107 Å². The fraction of sp³-hybridized carbons (Fsp3) is 0.167.